The molecular formula is C15H17Cl2N3. The summed E-state index contributed by atoms with van der Waals surface area (Å²) in [5, 5.41) is 9.16. The normalized spacial score (nSPS) is 15.7. The van der Waals surface area contributed by atoms with E-state index in [2.05, 4.69) is 27.4 Å². The summed E-state index contributed by atoms with van der Waals surface area (Å²) in [4.78, 5) is 0. The Balaban J connectivity index is 1.66. The second-order valence-corrected chi connectivity index (χ2v) is 5.99. The van der Waals surface area contributed by atoms with Gasteiger partial charge < -0.3 is 5.32 Å². The predicted octanol–water partition coefficient (Wildman–Crippen LogP) is 4.92. The Bertz CT molecular complexity index is 568. The van der Waals surface area contributed by atoms with Gasteiger partial charge in [0.25, 0.3) is 0 Å². The van der Waals surface area contributed by atoms with Crippen molar-refractivity contribution >= 4 is 28.9 Å². The smallest absolute Gasteiger partial charge is 0.0815 e. The SMILES string of the molecule is Clc1cccc(Cl)c1NCc1ccn(C2CCCC2)n1. The standard InChI is InChI=1S/C15H17Cl2N3/c16-13-6-3-7-14(17)15(13)18-10-11-8-9-20(19-11)12-4-1-2-5-12/h3,6-9,12,18H,1-2,4-5,10H2. The van der Waals surface area contributed by atoms with Gasteiger partial charge in [0.15, 0.2) is 0 Å². The molecule has 2 aromatic rings. The molecule has 0 unspecified atom stereocenters. The topological polar surface area (TPSA) is 29.9 Å². The molecule has 0 spiro atoms. The van der Waals surface area contributed by atoms with Gasteiger partial charge in [-0.3, -0.25) is 4.68 Å². The molecule has 0 bridgehead atoms. The first kappa shape index (κ1) is 13.8. The van der Waals surface area contributed by atoms with Crippen LogP contribution >= 0.6 is 23.2 Å². The Kier molecular flexibility index (Phi) is 4.18. The van der Waals surface area contributed by atoms with Gasteiger partial charge in [-0.1, -0.05) is 42.1 Å². The van der Waals surface area contributed by atoms with Crippen molar-refractivity contribution in [3.63, 3.8) is 0 Å². The molecule has 106 valence electrons. The van der Waals surface area contributed by atoms with Crippen molar-refractivity contribution < 1.29 is 0 Å². The maximum atomic E-state index is 6.13. The van der Waals surface area contributed by atoms with Crippen LogP contribution in [0.25, 0.3) is 0 Å². The van der Waals surface area contributed by atoms with Crippen LogP contribution in [0.3, 0.4) is 0 Å². The maximum absolute atomic E-state index is 6.13. The van der Waals surface area contributed by atoms with E-state index in [-0.39, 0.29) is 0 Å². The second kappa shape index (κ2) is 6.06. The third kappa shape index (κ3) is 2.94. The summed E-state index contributed by atoms with van der Waals surface area (Å²) in [6.07, 6.45) is 7.18. The minimum Gasteiger partial charge on any atom is -0.377 e. The summed E-state index contributed by atoms with van der Waals surface area (Å²) >= 11 is 12.3. The number of rotatable bonds is 4. The van der Waals surface area contributed by atoms with Gasteiger partial charge >= 0.3 is 0 Å². The van der Waals surface area contributed by atoms with Crippen LogP contribution in [0.4, 0.5) is 5.69 Å². The Morgan fingerprint density at radius 1 is 1.15 bits per heavy atom. The molecule has 3 nitrogen and oxygen atoms in total. The summed E-state index contributed by atoms with van der Waals surface area (Å²) in [6, 6.07) is 8.12. The Morgan fingerprint density at radius 3 is 2.55 bits per heavy atom. The number of hydrogen-bond acceptors (Lipinski definition) is 2. The van der Waals surface area contributed by atoms with Crippen LogP contribution in [-0.2, 0) is 6.54 Å². The van der Waals surface area contributed by atoms with E-state index in [9.17, 15) is 0 Å². The van der Waals surface area contributed by atoms with Gasteiger partial charge in [-0.05, 0) is 31.0 Å². The molecule has 0 radical (unpaired) electrons. The lowest BCUT2D eigenvalue weighted by atomic mass is 10.3. The van der Waals surface area contributed by atoms with E-state index in [1.165, 1.54) is 25.7 Å². The number of nitrogens with zero attached hydrogens (tertiary/aromatic N) is 2. The second-order valence-electron chi connectivity index (χ2n) is 5.18. The van der Waals surface area contributed by atoms with Crippen molar-refractivity contribution in [2.75, 3.05) is 5.32 Å². The van der Waals surface area contributed by atoms with Gasteiger partial charge in [-0.25, -0.2) is 0 Å². The van der Waals surface area contributed by atoms with Crippen molar-refractivity contribution in [3.8, 4) is 0 Å². The number of halogens is 2. The summed E-state index contributed by atoms with van der Waals surface area (Å²) in [7, 11) is 0. The number of anilines is 1. The average Bonchev–Trinajstić information content (AvgIpc) is 3.09. The lowest BCUT2D eigenvalue weighted by molar-refractivity contribution is 0.463. The maximum Gasteiger partial charge on any atom is 0.0815 e. The number of nitrogens with one attached hydrogen (secondary N) is 1. The molecule has 1 saturated carbocycles. The summed E-state index contributed by atoms with van der Waals surface area (Å²) < 4.78 is 2.10. The molecule has 1 aliphatic rings. The Hall–Kier alpha value is -1.19. The van der Waals surface area contributed by atoms with Gasteiger partial charge in [0.05, 0.1) is 34.0 Å². The molecule has 1 aromatic heterocycles. The summed E-state index contributed by atoms with van der Waals surface area (Å²) in [5.74, 6) is 0. The zero-order valence-corrected chi connectivity index (χ0v) is 12.7. The first-order chi connectivity index (χ1) is 9.74. The van der Waals surface area contributed by atoms with Gasteiger partial charge in [-0.2, -0.15) is 5.10 Å². The van der Waals surface area contributed by atoms with E-state index < -0.39 is 0 Å². The predicted molar refractivity (Wildman–Crippen MR) is 83.5 cm³/mol. The van der Waals surface area contributed by atoms with Crippen molar-refractivity contribution in [3.05, 3.63) is 46.2 Å². The van der Waals surface area contributed by atoms with Gasteiger partial charge in [0.2, 0.25) is 0 Å². The van der Waals surface area contributed by atoms with Crippen LogP contribution in [0.1, 0.15) is 37.4 Å². The van der Waals surface area contributed by atoms with E-state index in [0.29, 0.717) is 22.6 Å². The van der Waals surface area contributed by atoms with Crippen molar-refractivity contribution in [1.82, 2.24) is 9.78 Å². The van der Waals surface area contributed by atoms with E-state index in [1.807, 2.05) is 18.2 Å². The van der Waals surface area contributed by atoms with Crippen molar-refractivity contribution in [2.45, 2.75) is 38.3 Å². The van der Waals surface area contributed by atoms with Crippen LogP contribution in [0.5, 0.6) is 0 Å². The zero-order chi connectivity index (χ0) is 13.9. The van der Waals surface area contributed by atoms with Gasteiger partial charge in [0.1, 0.15) is 0 Å². The highest BCUT2D eigenvalue weighted by Gasteiger charge is 2.17. The molecule has 0 atom stereocenters. The molecule has 0 amide bonds. The largest absolute Gasteiger partial charge is 0.377 e. The molecular weight excluding hydrogens is 293 g/mol. The molecule has 0 aliphatic heterocycles. The van der Waals surface area contributed by atoms with Crippen LogP contribution in [0, 0.1) is 0 Å². The monoisotopic (exact) mass is 309 g/mol. The highest BCUT2D eigenvalue weighted by atomic mass is 35.5. The molecule has 0 saturated heterocycles. The van der Waals surface area contributed by atoms with Crippen LogP contribution < -0.4 is 5.32 Å². The Labute approximate surface area is 128 Å². The fourth-order valence-corrected chi connectivity index (χ4v) is 3.22. The lowest BCUT2D eigenvalue weighted by Gasteiger charge is -2.10. The quantitative estimate of drug-likeness (QED) is 0.869. The molecule has 3 rings (SSSR count). The van der Waals surface area contributed by atoms with Crippen molar-refractivity contribution in [2.24, 2.45) is 0 Å². The zero-order valence-electron chi connectivity index (χ0n) is 11.1. The first-order valence-electron chi connectivity index (χ1n) is 6.96. The molecule has 1 N–H and O–H groups in total. The van der Waals surface area contributed by atoms with Gasteiger partial charge in [-0.15, -0.1) is 0 Å². The minimum atomic E-state index is 0.577. The number of para-hydroxylation sites is 1. The molecule has 1 aliphatic carbocycles. The Morgan fingerprint density at radius 2 is 1.85 bits per heavy atom. The van der Waals surface area contributed by atoms with E-state index >= 15 is 0 Å². The highest BCUT2D eigenvalue weighted by molar-refractivity contribution is 6.39. The van der Waals surface area contributed by atoms with Crippen LogP contribution in [-0.4, -0.2) is 9.78 Å². The molecule has 20 heavy (non-hydrogen) atoms. The highest BCUT2D eigenvalue weighted by Crippen LogP contribution is 2.31. The number of hydrogen-bond donors (Lipinski definition) is 1. The fraction of sp³-hybridized carbons (Fsp3) is 0.400. The van der Waals surface area contributed by atoms with Crippen LogP contribution in [0.15, 0.2) is 30.5 Å². The molecule has 1 aromatic carbocycles. The number of aromatic nitrogens is 2. The molecule has 5 heteroatoms. The molecule has 1 heterocycles. The third-order valence-corrected chi connectivity index (χ3v) is 4.40. The van der Waals surface area contributed by atoms with E-state index in [0.717, 1.165) is 11.4 Å². The summed E-state index contributed by atoms with van der Waals surface area (Å²) in [6.45, 7) is 0.628. The van der Waals surface area contributed by atoms with Crippen molar-refractivity contribution in [1.29, 1.82) is 0 Å². The summed E-state index contributed by atoms with van der Waals surface area (Å²) in [5.41, 5.74) is 1.78. The number of benzene rings is 1. The van der Waals surface area contributed by atoms with Crippen LogP contribution in [0.2, 0.25) is 10.0 Å². The molecule has 1 fully saturated rings. The van der Waals surface area contributed by atoms with E-state index in [4.69, 9.17) is 23.2 Å². The average molecular weight is 310 g/mol. The first-order valence-corrected chi connectivity index (χ1v) is 7.71. The fourth-order valence-electron chi connectivity index (χ4n) is 2.69. The lowest BCUT2D eigenvalue weighted by Crippen LogP contribution is -2.07. The van der Waals surface area contributed by atoms with E-state index in [1.54, 1.807) is 0 Å². The minimum absolute atomic E-state index is 0.577. The van der Waals surface area contributed by atoms with Gasteiger partial charge in [0, 0.05) is 6.20 Å². The third-order valence-electron chi connectivity index (χ3n) is 3.77.